The van der Waals surface area contributed by atoms with E-state index in [1.807, 2.05) is 0 Å². The molecule has 0 N–H and O–H groups in total. The molecular weight excluding hydrogens is 408 g/mol. The summed E-state index contributed by atoms with van der Waals surface area (Å²) in [6.45, 7) is 4.30. The smallest absolute Gasteiger partial charge is 0.00255 e. The van der Waals surface area contributed by atoms with Crippen molar-refractivity contribution in [3.8, 4) is 22.3 Å². The predicted molar refractivity (Wildman–Crippen MR) is 145 cm³/mol. The van der Waals surface area contributed by atoms with E-state index in [-0.39, 0.29) is 0 Å². The van der Waals surface area contributed by atoms with Crippen LogP contribution in [0.15, 0.2) is 121 Å². The minimum absolute atomic E-state index is 0.941. The molecule has 0 amide bonds. The lowest BCUT2D eigenvalue weighted by atomic mass is 9.95. The highest BCUT2D eigenvalue weighted by molar-refractivity contribution is 5.66. The summed E-state index contributed by atoms with van der Waals surface area (Å²) >= 11 is 0. The van der Waals surface area contributed by atoms with Crippen molar-refractivity contribution in [2.75, 3.05) is 0 Å². The maximum absolute atomic E-state index is 2.36. The molecule has 5 aromatic rings. The van der Waals surface area contributed by atoms with E-state index in [4.69, 9.17) is 0 Å². The van der Waals surface area contributed by atoms with Gasteiger partial charge in [0, 0.05) is 0 Å². The minimum Gasteiger partial charge on any atom is -0.0617 e. The molecule has 0 nitrogen and oxygen atoms in total. The van der Waals surface area contributed by atoms with Gasteiger partial charge in [-0.15, -0.1) is 0 Å². The molecular formula is C34H30. The largest absolute Gasteiger partial charge is 0.0617 e. The van der Waals surface area contributed by atoms with E-state index in [1.54, 1.807) is 0 Å². The van der Waals surface area contributed by atoms with Crippen LogP contribution in [0.4, 0.5) is 0 Å². The first-order valence-corrected chi connectivity index (χ1v) is 12.0. The molecule has 166 valence electrons. The average molecular weight is 439 g/mol. The van der Waals surface area contributed by atoms with E-state index in [0.29, 0.717) is 0 Å². The van der Waals surface area contributed by atoms with Gasteiger partial charge in [-0.25, -0.2) is 0 Å². The Morgan fingerprint density at radius 2 is 0.676 bits per heavy atom. The van der Waals surface area contributed by atoms with Gasteiger partial charge in [-0.2, -0.15) is 0 Å². The number of aryl methyl sites for hydroxylation is 2. The van der Waals surface area contributed by atoms with Crippen molar-refractivity contribution in [3.05, 3.63) is 155 Å². The van der Waals surface area contributed by atoms with Gasteiger partial charge in [0.1, 0.15) is 0 Å². The maximum atomic E-state index is 2.36. The molecule has 0 aliphatic rings. The van der Waals surface area contributed by atoms with Gasteiger partial charge in [0.15, 0.2) is 0 Å². The van der Waals surface area contributed by atoms with E-state index in [2.05, 4.69) is 135 Å². The molecule has 0 aliphatic heterocycles. The van der Waals surface area contributed by atoms with Crippen molar-refractivity contribution in [2.24, 2.45) is 0 Å². The van der Waals surface area contributed by atoms with Crippen LogP contribution in [0.25, 0.3) is 22.3 Å². The maximum Gasteiger partial charge on any atom is -0.00255 e. The number of rotatable bonds is 6. The van der Waals surface area contributed by atoms with E-state index in [0.717, 1.165) is 12.8 Å². The van der Waals surface area contributed by atoms with Crippen molar-refractivity contribution in [2.45, 2.75) is 26.7 Å². The van der Waals surface area contributed by atoms with Crippen molar-refractivity contribution in [3.63, 3.8) is 0 Å². The molecule has 0 saturated heterocycles. The summed E-state index contributed by atoms with van der Waals surface area (Å²) in [5.41, 5.74) is 13.1. The van der Waals surface area contributed by atoms with E-state index >= 15 is 0 Å². The molecule has 0 saturated carbocycles. The fourth-order valence-electron chi connectivity index (χ4n) is 4.69. The Balaban J connectivity index is 1.34. The van der Waals surface area contributed by atoms with E-state index in [9.17, 15) is 0 Å². The Labute approximate surface area is 203 Å². The van der Waals surface area contributed by atoms with Crippen LogP contribution in [-0.2, 0) is 12.8 Å². The molecule has 0 unspecified atom stereocenters. The second-order valence-corrected chi connectivity index (χ2v) is 9.31. The van der Waals surface area contributed by atoms with E-state index < -0.39 is 0 Å². The van der Waals surface area contributed by atoms with Gasteiger partial charge in [-0.1, -0.05) is 132 Å². The second kappa shape index (κ2) is 9.93. The molecule has 0 radical (unpaired) electrons. The molecule has 5 rings (SSSR count). The van der Waals surface area contributed by atoms with Crippen LogP contribution in [0.3, 0.4) is 0 Å². The summed E-state index contributed by atoms with van der Waals surface area (Å²) in [5, 5.41) is 0. The van der Waals surface area contributed by atoms with Crippen LogP contribution < -0.4 is 0 Å². The molecule has 0 spiro atoms. The Morgan fingerprint density at radius 1 is 0.353 bits per heavy atom. The van der Waals surface area contributed by atoms with Gasteiger partial charge in [0.05, 0.1) is 0 Å². The number of benzene rings is 5. The molecule has 5 aromatic carbocycles. The molecule has 0 aliphatic carbocycles. The molecule has 34 heavy (non-hydrogen) atoms. The third-order valence-electron chi connectivity index (χ3n) is 6.36. The van der Waals surface area contributed by atoms with E-state index in [1.165, 1.54) is 55.6 Å². The number of hydrogen-bond donors (Lipinski definition) is 0. The summed E-state index contributed by atoms with van der Waals surface area (Å²) in [5.74, 6) is 0. The third-order valence-corrected chi connectivity index (χ3v) is 6.36. The average Bonchev–Trinajstić information content (AvgIpc) is 2.85. The standard InChI is InChI=1S/C34H30/c1-25-8-3-14-31(18-25)33-16-6-12-29(23-33)21-27-10-5-11-28(20-27)22-30-13-7-17-34(24-30)32-15-4-9-26(2)19-32/h3-20,23-24H,21-22H2,1-2H3. The van der Waals surface area contributed by atoms with Crippen LogP contribution in [0.5, 0.6) is 0 Å². The lowest BCUT2D eigenvalue weighted by Gasteiger charge is -2.10. The van der Waals surface area contributed by atoms with Gasteiger partial charge >= 0.3 is 0 Å². The second-order valence-electron chi connectivity index (χ2n) is 9.31. The zero-order valence-electron chi connectivity index (χ0n) is 20.0. The molecule has 0 heteroatoms. The topological polar surface area (TPSA) is 0 Å². The first-order chi connectivity index (χ1) is 16.6. The van der Waals surface area contributed by atoms with Crippen LogP contribution in [0.2, 0.25) is 0 Å². The normalized spacial score (nSPS) is 10.9. The van der Waals surface area contributed by atoms with Crippen molar-refractivity contribution < 1.29 is 0 Å². The van der Waals surface area contributed by atoms with Gasteiger partial charge in [0.25, 0.3) is 0 Å². The van der Waals surface area contributed by atoms with Gasteiger partial charge < -0.3 is 0 Å². The lowest BCUT2D eigenvalue weighted by molar-refractivity contribution is 1.14. The van der Waals surface area contributed by atoms with Crippen LogP contribution in [0.1, 0.15) is 33.4 Å². The van der Waals surface area contributed by atoms with Gasteiger partial charge in [0.2, 0.25) is 0 Å². The highest BCUT2D eigenvalue weighted by Crippen LogP contribution is 2.25. The van der Waals surface area contributed by atoms with Crippen molar-refractivity contribution >= 4 is 0 Å². The SMILES string of the molecule is Cc1cccc(-c2cccc(Cc3cccc(Cc4cccc(-c5cccc(C)c5)c4)c3)c2)c1. The molecule has 0 atom stereocenters. The first kappa shape index (κ1) is 21.9. The Kier molecular flexibility index (Phi) is 6.40. The Hall–Kier alpha value is -3.90. The molecule has 0 heterocycles. The summed E-state index contributed by atoms with van der Waals surface area (Å²) < 4.78 is 0. The Morgan fingerprint density at radius 3 is 1.09 bits per heavy atom. The van der Waals surface area contributed by atoms with Crippen LogP contribution >= 0.6 is 0 Å². The van der Waals surface area contributed by atoms with Gasteiger partial charge in [-0.05, 0) is 71.2 Å². The first-order valence-electron chi connectivity index (χ1n) is 12.0. The predicted octanol–water partition coefficient (Wildman–Crippen LogP) is 8.82. The summed E-state index contributed by atoms with van der Waals surface area (Å²) in [6.07, 6.45) is 1.88. The number of hydrogen-bond acceptors (Lipinski definition) is 0. The zero-order chi connectivity index (χ0) is 23.3. The highest BCUT2D eigenvalue weighted by atomic mass is 14.1. The monoisotopic (exact) mass is 438 g/mol. The molecule has 0 fully saturated rings. The van der Waals surface area contributed by atoms with Crippen molar-refractivity contribution in [1.82, 2.24) is 0 Å². The zero-order valence-corrected chi connectivity index (χ0v) is 20.0. The van der Waals surface area contributed by atoms with Crippen molar-refractivity contribution in [1.29, 1.82) is 0 Å². The fraction of sp³-hybridized carbons (Fsp3) is 0.118. The fourth-order valence-corrected chi connectivity index (χ4v) is 4.69. The summed E-state index contributed by atoms with van der Waals surface area (Å²) in [4.78, 5) is 0. The molecule has 0 bridgehead atoms. The Bertz CT molecular complexity index is 1320. The van der Waals surface area contributed by atoms with Gasteiger partial charge in [-0.3, -0.25) is 0 Å². The lowest BCUT2D eigenvalue weighted by Crippen LogP contribution is -1.93. The quantitative estimate of drug-likeness (QED) is 0.248. The molecule has 0 aromatic heterocycles. The highest BCUT2D eigenvalue weighted by Gasteiger charge is 2.05. The third kappa shape index (κ3) is 5.35. The summed E-state index contributed by atoms with van der Waals surface area (Å²) in [6, 6.07) is 44.4. The summed E-state index contributed by atoms with van der Waals surface area (Å²) in [7, 11) is 0. The van der Waals surface area contributed by atoms with Crippen LogP contribution in [-0.4, -0.2) is 0 Å². The minimum atomic E-state index is 0.941. The van der Waals surface area contributed by atoms with Crippen LogP contribution in [0, 0.1) is 13.8 Å².